The number of methoxy groups -OCH3 is 1. The lowest BCUT2D eigenvalue weighted by Crippen LogP contribution is -2.50. The molecule has 1 aromatic rings. The van der Waals surface area contributed by atoms with Crippen molar-refractivity contribution in [2.75, 3.05) is 47.0 Å². The number of likely N-dealkylation sites (N-methyl/N-ethyl adjacent to an activating group) is 1. The van der Waals surface area contributed by atoms with Gasteiger partial charge < -0.3 is 24.4 Å². The summed E-state index contributed by atoms with van der Waals surface area (Å²) in [4.78, 5) is 14.6. The van der Waals surface area contributed by atoms with Gasteiger partial charge in [-0.15, -0.1) is 0 Å². The number of nitrogens with one attached hydrogen (secondary N) is 1. The summed E-state index contributed by atoms with van der Waals surface area (Å²) in [7, 11) is 3.46. The van der Waals surface area contributed by atoms with E-state index < -0.39 is 5.41 Å². The summed E-state index contributed by atoms with van der Waals surface area (Å²) < 4.78 is 17.0. The molecule has 23 heavy (non-hydrogen) atoms. The van der Waals surface area contributed by atoms with Crippen LogP contribution >= 0.6 is 0 Å². The number of amides is 1. The van der Waals surface area contributed by atoms with Crippen molar-refractivity contribution in [3.63, 3.8) is 0 Å². The fourth-order valence-corrected chi connectivity index (χ4v) is 3.33. The fraction of sp³-hybridized carbons (Fsp3) is 0.588. The molecule has 0 aromatic heterocycles. The molecule has 3 rings (SSSR count). The van der Waals surface area contributed by atoms with E-state index in [2.05, 4.69) is 5.32 Å². The smallest absolute Gasteiger partial charge is 0.232 e. The van der Waals surface area contributed by atoms with Gasteiger partial charge >= 0.3 is 0 Å². The van der Waals surface area contributed by atoms with Crippen LogP contribution in [0.4, 0.5) is 0 Å². The van der Waals surface area contributed by atoms with Crippen molar-refractivity contribution in [3.8, 4) is 11.5 Å². The third kappa shape index (κ3) is 3.28. The van der Waals surface area contributed by atoms with Gasteiger partial charge in [0.1, 0.15) is 6.61 Å². The van der Waals surface area contributed by atoms with Crippen molar-refractivity contribution in [1.29, 1.82) is 0 Å². The van der Waals surface area contributed by atoms with Gasteiger partial charge in [-0.05, 0) is 25.1 Å². The van der Waals surface area contributed by atoms with Crippen LogP contribution in [0.2, 0.25) is 0 Å². The molecule has 126 valence electrons. The molecule has 0 spiro atoms. The van der Waals surface area contributed by atoms with Crippen LogP contribution in [0.3, 0.4) is 0 Å². The number of hydrogen-bond acceptors (Lipinski definition) is 5. The molecule has 2 unspecified atom stereocenters. The molecule has 1 fully saturated rings. The van der Waals surface area contributed by atoms with Crippen LogP contribution < -0.4 is 14.8 Å². The number of para-hydroxylation sites is 2. The van der Waals surface area contributed by atoms with Gasteiger partial charge in [-0.2, -0.15) is 0 Å². The number of carbonyl (C=O) groups excluding carboxylic acids is 1. The van der Waals surface area contributed by atoms with E-state index >= 15 is 0 Å². The van der Waals surface area contributed by atoms with Crippen LogP contribution in [0.1, 0.15) is 6.42 Å². The Bertz CT molecular complexity index is 557. The van der Waals surface area contributed by atoms with Crippen LogP contribution in [0, 0.1) is 5.41 Å². The Balaban J connectivity index is 1.63. The molecule has 1 aromatic carbocycles. The largest absolute Gasteiger partial charge is 0.486 e. The second kappa shape index (κ2) is 6.76. The van der Waals surface area contributed by atoms with Crippen LogP contribution in [0.5, 0.6) is 11.5 Å². The first-order chi connectivity index (χ1) is 11.1. The number of fused-ring (bicyclic) bond motifs is 1. The molecular weight excluding hydrogens is 296 g/mol. The maximum atomic E-state index is 12.9. The fourth-order valence-electron chi connectivity index (χ4n) is 3.33. The Morgan fingerprint density at radius 3 is 2.91 bits per heavy atom. The van der Waals surface area contributed by atoms with Crippen molar-refractivity contribution in [2.24, 2.45) is 5.41 Å². The summed E-state index contributed by atoms with van der Waals surface area (Å²) >= 11 is 0. The minimum absolute atomic E-state index is 0.104. The summed E-state index contributed by atoms with van der Waals surface area (Å²) in [5, 5.41) is 3.27. The lowest BCUT2D eigenvalue weighted by molar-refractivity contribution is -0.144. The Kier molecular flexibility index (Phi) is 4.73. The number of ether oxygens (including phenoxy) is 3. The summed E-state index contributed by atoms with van der Waals surface area (Å²) in [6, 6.07) is 7.60. The van der Waals surface area contributed by atoms with E-state index in [1.807, 2.05) is 31.3 Å². The number of rotatable bonds is 5. The van der Waals surface area contributed by atoms with E-state index in [1.165, 1.54) is 0 Å². The average Bonchev–Trinajstić information content (AvgIpc) is 3.04. The molecule has 6 heteroatoms. The quantitative estimate of drug-likeness (QED) is 0.874. The molecule has 2 atom stereocenters. The van der Waals surface area contributed by atoms with E-state index in [9.17, 15) is 4.79 Å². The van der Waals surface area contributed by atoms with Crippen LogP contribution in [0.25, 0.3) is 0 Å². The van der Waals surface area contributed by atoms with Crippen molar-refractivity contribution in [3.05, 3.63) is 24.3 Å². The van der Waals surface area contributed by atoms with Gasteiger partial charge in [-0.25, -0.2) is 0 Å². The molecule has 6 nitrogen and oxygen atoms in total. The summed E-state index contributed by atoms with van der Waals surface area (Å²) in [6.45, 7) is 2.89. The molecule has 1 amide bonds. The van der Waals surface area contributed by atoms with Gasteiger partial charge in [0, 0.05) is 20.7 Å². The summed E-state index contributed by atoms with van der Waals surface area (Å²) in [5.74, 6) is 1.60. The van der Waals surface area contributed by atoms with Gasteiger partial charge in [-0.3, -0.25) is 4.79 Å². The first-order valence-corrected chi connectivity index (χ1v) is 7.98. The molecule has 2 heterocycles. The standard InChI is InChI=1S/C17H24N2O4/c1-19(16(20)17(12-21-2)7-8-18-11-17)9-13-10-22-14-5-3-4-6-15(14)23-13/h3-6,13,18H,7-12H2,1-2H3. The normalized spacial score (nSPS) is 26.1. The number of benzene rings is 1. The maximum absolute atomic E-state index is 12.9. The van der Waals surface area contributed by atoms with Crippen molar-refractivity contribution >= 4 is 5.91 Å². The lowest BCUT2D eigenvalue weighted by atomic mass is 9.86. The minimum Gasteiger partial charge on any atom is -0.486 e. The van der Waals surface area contributed by atoms with Gasteiger partial charge in [-0.1, -0.05) is 12.1 Å². The van der Waals surface area contributed by atoms with Gasteiger partial charge in [0.25, 0.3) is 0 Å². The van der Waals surface area contributed by atoms with E-state index in [0.29, 0.717) is 26.3 Å². The predicted octanol–water partition coefficient (Wildman–Crippen LogP) is 0.911. The molecule has 0 bridgehead atoms. The van der Waals surface area contributed by atoms with Gasteiger partial charge in [0.15, 0.2) is 17.6 Å². The molecule has 2 aliphatic heterocycles. The summed E-state index contributed by atoms with van der Waals surface area (Å²) in [5.41, 5.74) is -0.461. The molecule has 0 saturated carbocycles. The Hall–Kier alpha value is -1.79. The number of hydrogen-bond donors (Lipinski definition) is 1. The molecule has 1 N–H and O–H groups in total. The van der Waals surface area contributed by atoms with E-state index in [4.69, 9.17) is 14.2 Å². The first-order valence-electron chi connectivity index (χ1n) is 7.98. The highest BCUT2D eigenvalue weighted by Gasteiger charge is 2.43. The van der Waals surface area contributed by atoms with Gasteiger partial charge in [0.05, 0.1) is 18.6 Å². The number of carbonyl (C=O) groups is 1. The highest BCUT2D eigenvalue weighted by atomic mass is 16.6. The maximum Gasteiger partial charge on any atom is 0.232 e. The van der Waals surface area contributed by atoms with Crippen LogP contribution in [-0.2, 0) is 9.53 Å². The topological polar surface area (TPSA) is 60.0 Å². The van der Waals surface area contributed by atoms with Crippen molar-refractivity contribution < 1.29 is 19.0 Å². The van der Waals surface area contributed by atoms with Crippen molar-refractivity contribution in [2.45, 2.75) is 12.5 Å². The van der Waals surface area contributed by atoms with Crippen LogP contribution in [0.15, 0.2) is 24.3 Å². The van der Waals surface area contributed by atoms with Crippen molar-refractivity contribution in [1.82, 2.24) is 10.2 Å². The highest BCUT2D eigenvalue weighted by Crippen LogP contribution is 2.32. The third-order valence-corrected chi connectivity index (χ3v) is 4.51. The second-order valence-electron chi connectivity index (χ2n) is 6.32. The zero-order valence-corrected chi connectivity index (χ0v) is 13.7. The van der Waals surface area contributed by atoms with E-state index in [-0.39, 0.29) is 12.0 Å². The first kappa shape index (κ1) is 16.1. The Morgan fingerprint density at radius 2 is 2.22 bits per heavy atom. The molecule has 2 aliphatic rings. The zero-order valence-electron chi connectivity index (χ0n) is 13.7. The summed E-state index contributed by atoms with van der Waals surface area (Å²) in [6.07, 6.45) is 0.641. The van der Waals surface area contributed by atoms with E-state index in [0.717, 1.165) is 24.5 Å². The van der Waals surface area contributed by atoms with Crippen LogP contribution in [-0.4, -0.2) is 63.9 Å². The van der Waals surface area contributed by atoms with E-state index in [1.54, 1.807) is 12.0 Å². The average molecular weight is 320 g/mol. The predicted molar refractivity (Wildman–Crippen MR) is 85.8 cm³/mol. The SMILES string of the molecule is COCC1(C(=O)N(C)CC2COc3ccccc3O2)CCNC1. The Labute approximate surface area is 136 Å². The molecule has 0 aliphatic carbocycles. The monoisotopic (exact) mass is 320 g/mol. The number of nitrogens with zero attached hydrogens (tertiary/aromatic N) is 1. The van der Waals surface area contributed by atoms with Gasteiger partial charge in [0.2, 0.25) is 5.91 Å². The lowest BCUT2D eigenvalue weighted by Gasteiger charge is -2.34. The molecule has 0 radical (unpaired) electrons. The Morgan fingerprint density at radius 1 is 1.43 bits per heavy atom. The molecule has 1 saturated heterocycles. The third-order valence-electron chi connectivity index (χ3n) is 4.51. The molecular formula is C17H24N2O4. The highest BCUT2D eigenvalue weighted by molar-refractivity contribution is 5.83. The second-order valence-corrected chi connectivity index (χ2v) is 6.32. The zero-order chi connectivity index (χ0) is 16.3. The minimum atomic E-state index is -0.461.